The van der Waals surface area contributed by atoms with Gasteiger partial charge in [-0.05, 0) is 36.6 Å². The summed E-state index contributed by atoms with van der Waals surface area (Å²) in [6.45, 7) is 9.99. The number of hydrogen-bond acceptors (Lipinski definition) is 4. The SMILES string of the molecule is Cc1cc(C(C)(C)C)ccc1OC[C@@H](O)CN(C)CCC#N. The van der Waals surface area contributed by atoms with Gasteiger partial charge in [0.1, 0.15) is 18.5 Å². The van der Waals surface area contributed by atoms with Gasteiger partial charge in [0.25, 0.3) is 0 Å². The fraction of sp³-hybridized carbons (Fsp3) is 0.611. The van der Waals surface area contributed by atoms with Gasteiger partial charge in [-0.25, -0.2) is 0 Å². The highest BCUT2D eigenvalue weighted by molar-refractivity contribution is 5.38. The van der Waals surface area contributed by atoms with Crippen LogP contribution in [0.25, 0.3) is 0 Å². The first-order valence-electron chi connectivity index (χ1n) is 7.71. The molecule has 1 atom stereocenters. The zero-order valence-corrected chi connectivity index (χ0v) is 14.4. The molecule has 1 aromatic rings. The fourth-order valence-corrected chi connectivity index (χ4v) is 2.21. The molecular weight excluding hydrogens is 276 g/mol. The summed E-state index contributed by atoms with van der Waals surface area (Å²) in [5, 5.41) is 18.6. The number of ether oxygens (including phenoxy) is 1. The summed E-state index contributed by atoms with van der Waals surface area (Å²) >= 11 is 0. The number of aliphatic hydroxyl groups is 1. The predicted molar refractivity (Wildman–Crippen MR) is 89.1 cm³/mol. The maximum Gasteiger partial charge on any atom is 0.122 e. The second-order valence-corrected chi connectivity index (χ2v) is 6.87. The van der Waals surface area contributed by atoms with Crippen LogP contribution in [0.3, 0.4) is 0 Å². The molecule has 0 aliphatic heterocycles. The minimum absolute atomic E-state index is 0.117. The highest BCUT2D eigenvalue weighted by Crippen LogP contribution is 2.27. The number of nitriles is 1. The zero-order valence-electron chi connectivity index (χ0n) is 14.4. The van der Waals surface area contributed by atoms with Gasteiger partial charge >= 0.3 is 0 Å². The van der Waals surface area contributed by atoms with Crippen LogP contribution in [0.1, 0.15) is 38.3 Å². The van der Waals surface area contributed by atoms with E-state index >= 15 is 0 Å². The van der Waals surface area contributed by atoms with E-state index in [2.05, 4.69) is 39.0 Å². The highest BCUT2D eigenvalue weighted by atomic mass is 16.5. The van der Waals surface area contributed by atoms with Crippen molar-refractivity contribution >= 4 is 0 Å². The van der Waals surface area contributed by atoms with Crippen molar-refractivity contribution in [2.45, 2.75) is 45.6 Å². The zero-order chi connectivity index (χ0) is 16.8. The van der Waals surface area contributed by atoms with Crippen LogP contribution in [0.4, 0.5) is 0 Å². The number of aryl methyl sites for hydroxylation is 1. The normalized spacial score (nSPS) is 13.0. The summed E-state index contributed by atoms with van der Waals surface area (Å²) in [5.41, 5.74) is 2.47. The molecule has 0 aliphatic rings. The molecule has 0 saturated carbocycles. The van der Waals surface area contributed by atoms with Gasteiger partial charge in [-0.15, -0.1) is 0 Å². The maximum atomic E-state index is 10.0. The highest BCUT2D eigenvalue weighted by Gasteiger charge is 2.15. The Morgan fingerprint density at radius 1 is 1.36 bits per heavy atom. The first-order chi connectivity index (χ1) is 10.2. The average molecular weight is 304 g/mol. The van der Waals surface area contributed by atoms with Gasteiger partial charge in [-0.2, -0.15) is 5.26 Å². The first kappa shape index (κ1) is 18.5. The number of nitrogens with zero attached hydrogens (tertiary/aromatic N) is 2. The molecule has 0 aliphatic carbocycles. The fourth-order valence-electron chi connectivity index (χ4n) is 2.21. The quantitative estimate of drug-likeness (QED) is 0.841. The molecule has 0 bridgehead atoms. The van der Waals surface area contributed by atoms with Gasteiger partial charge in [-0.3, -0.25) is 0 Å². The molecule has 4 nitrogen and oxygen atoms in total. The Morgan fingerprint density at radius 3 is 2.59 bits per heavy atom. The Kier molecular flexibility index (Phi) is 6.86. The van der Waals surface area contributed by atoms with Crippen LogP contribution in [-0.2, 0) is 5.41 Å². The summed E-state index contributed by atoms with van der Waals surface area (Å²) in [6, 6.07) is 8.29. The van der Waals surface area contributed by atoms with E-state index in [1.807, 2.05) is 24.9 Å². The van der Waals surface area contributed by atoms with Crippen molar-refractivity contribution in [2.75, 3.05) is 26.7 Å². The summed E-state index contributed by atoms with van der Waals surface area (Å²) < 4.78 is 5.73. The van der Waals surface area contributed by atoms with E-state index in [4.69, 9.17) is 10.00 Å². The van der Waals surface area contributed by atoms with E-state index in [9.17, 15) is 5.11 Å². The molecule has 0 aromatic heterocycles. The van der Waals surface area contributed by atoms with E-state index < -0.39 is 6.10 Å². The lowest BCUT2D eigenvalue weighted by atomic mass is 9.86. The van der Waals surface area contributed by atoms with Gasteiger partial charge in [0.15, 0.2) is 0 Å². The van der Waals surface area contributed by atoms with E-state index in [-0.39, 0.29) is 12.0 Å². The first-order valence-corrected chi connectivity index (χ1v) is 7.71. The molecule has 122 valence electrons. The van der Waals surface area contributed by atoms with Crippen LogP contribution >= 0.6 is 0 Å². The smallest absolute Gasteiger partial charge is 0.122 e. The third-order valence-electron chi connectivity index (χ3n) is 3.60. The minimum Gasteiger partial charge on any atom is -0.491 e. The molecule has 0 saturated heterocycles. The van der Waals surface area contributed by atoms with Crippen LogP contribution in [0.5, 0.6) is 5.75 Å². The topological polar surface area (TPSA) is 56.5 Å². The Labute approximate surface area is 134 Å². The lowest BCUT2D eigenvalue weighted by molar-refractivity contribution is 0.0767. The standard InChI is InChI=1S/C18H28N2O2/c1-14-11-15(18(2,3)4)7-8-17(14)22-13-16(21)12-20(5)10-6-9-19/h7-8,11,16,21H,6,10,12-13H2,1-5H3/t16-/m0/s1. The van der Waals surface area contributed by atoms with Crippen LogP contribution in [-0.4, -0.2) is 42.9 Å². The molecule has 1 rings (SSSR count). The van der Waals surface area contributed by atoms with Crippen LogP contribution < -0.4 is 4.74 Å². The van der Waals surface area contributed by atoms with Gasteiger partial charge in [0.2, 0.25) is 0 Å². The van der Waals surface area contributed by atoms with Crippen molar-refractivity contribution in [2.24, 2.45) is 0 Å². The van der Waals surface area contributed by atoms with Crippen molar-refractivity contribution in [1.82, 2.24) is 4.90 Å². The monoisotopic (exact) mass is 304 g/mol. The number of benzene rings is 1. The van der Waals surface area contributed by atoms with Crippen molar-refractivity contribution in [1.29, 1.82) is 5.26 Å². The largest absolute Gasteiger partial charge is 0.491 e. The van der Waals surface area contributed by atoms with Crippen LogP contribution in [0, 0.1) is 18.3 Å². The van der Waals surface area contributed by atoms with Gasteiger partial charge in [-0.1, -0.05) is 32.9 Å². The van der Waals surface area contributed by atoms with Crippen molar-refractivity contribution in [3.05, 3.63) is 29.3 Å². The van der Waals surface area contributed by atoms with E-state index in [1.165, 1.54) is 5.56 Å². The second kappa shape index (κ2) is 8.17. The van der Waals surface area contributed by atoms with Gasteiger partial charge in [0, 0.05) is 19.5 Å². The molecule has 0 spiro atoms. The molecule has 0 fully saturated rings. The summed E-state index contributed by atoms with van der Waals surface area (Å²) in [6.07, 6.45) is -0.0948. The summed E-state index contributed by atoms with van der Waals surface area (Å²) in [4.78, 5) is 1.94. The second-order valence-electron chi connectivity index (χ2n) is 6.87. The maximum absolute atomic E-state index is 10.0. The van der Waals surface area contributed by atoms with E-state index in [0.29, 0.717) is 19.5 Å². The van der Waals surface area contributed by atoms with Crippen LogP contribution in [0.15, 0.2) is 18.2 Å². The Hall–Kier alpha value is -1.57. The third-order valence-corrected chi connectivity index (χ3v) is 3.60. The lowest BCUT2D eigenvalue weighted by Gasteiger charge is -2.22. The summed E-state index contributed by atoms with van der Waals surface area (Å²) in [7, 11) is 1.89. The number of aliphatic hydroxyl groups excluding tert-OH is 1. The van der Waals surface area contributed by atoms with E-state index in [0.717, 1.165) is 11.3 Å². The molecule has 1 aromatic carbocycles. The van der Waals surface area contributed by atoms with Crippen molar-refractivity contribution < 1.29 is 9.84 Å². The van der Waals surface area contributed by atoms with Crippen molar-refractivity contribution in [3.63, 3.8) is 0 Å². The predicted octanol–water partition coefficient (Wildman–Crippen LogP) is 2.88. The number of rotatable bonds is 7. The third kappa shape index (κ3) is 6.05. The van der Waals surface area contributed by atoms with Crippen molar-refractivity contribution in [3.8, 4) is 11.8 Å². The molecule has 0 heterocycles. The molecule has 1 N–H and O–H groups in total. The molecule has 0 amide bonds. The van der Waals surface area contributed by atoms with Crippen LogP contribution in [0.2, 0.25) is 0 Å². The summed E-state index contributed by atoms with van der Waals surface area (Å²) in [5.74, 6) is 0.812. The average Bonchev–Trinajstić information content (AvgIpc) is 2.42. The molecule has 0 radical (unpaired) electrons. The molecule has 4 heteroatoms. The Morgan fingerprint density at radius 2 is 2.05 bits per heavy atom. The molecular formula is C18H28N2O2. The lowest BCUT2D eigenvalue weighted by Crippen LogP contribution is -2.33. The molecule has 0 unspecified atom stereocenters. The Balaban J connectivity index is 2.53. The number of hydrogen-bond donors (Lipinski definition) is 1. The molecule has 22 heavy (non-hydrogen) atoms. The number of likely N-dealkylation sites (N-methyl/N-ethyl adjacent to an activating group) is 1. The Bertz CT molecular complexity index is 515. The minimum atomic E-state index is -0.564. The van der Waals surface area contributed by atoms with Gasteiger partial charge in [0.05, 0.1) is 6.07 Å². The van der Waals surface area contributed by atoms with Gasteiger partial charge < -0.3 is 14.7 Å². The van der Waals surface area contributed by atoms with E-state index in [1.54, 1.807) is 0 Å².